The van der Waals surface area contributed by atoms with Gasteiger partial charge in [0.1, 0.15) is 5.82 Å². The van der Waals surface area contributed by atoms with E-state index in [9.17, 15) is 19.5 Å². The molecule has 0 radical (unpaired) electrons. The number of carbonyl (C=O) groups excluding carboxylic acids is 2. The first-order chi connectivity index (χ1) is 20.4. The molecular formula is C32H36N4O5S. The molecule has 3 aliphatic rings. The van der Waals surface area contributed by atoms with Gasteiger partial charge >= 0.3 is 5.97 Å². The average Bonchev–Trinajstić information content (AvgIpc) is 3.54. The van der Waals surface area contributed by atoms with Crippen LogP contribution >= 0.6 is 11.3 Å². The summed E-state index contributed by atoms with van der Waals surface area (Å²) in [5.41, 5.74) is 3.55. The van der Waals surface area contributed by atoms with E-state index in [1.54, 1.807) is 16.0 Å². The topological polar surface area (TPSA) is 113 Å². The SMILES string of the molecule is C[C@H]1OCCC[C@@H]1C[C@H](CC(=O)O)C(=O)N(c1nc(-c2ccccc2-c2ccc(N3CCCC3=O)nc2)cs1)C1CC1. The van der Waals surface area contributed by atoms with Crippen molar-refractivity contribution in [3.8, 4) is 22.4 Å². The number of benzene rings is 1. The summed E-state index contributed by atoms with van der Waals surface area (Å²) in [5, 5.41) is 12.2. The van der Waals surface area contributed by atoms with Crippen molar-refractivity contribution in [2.45, 2.75) is 70.4 Å². The second kappa shape index (κ2) is 12.3. The first-order valence-electron chi connectivity index (χ1n) is 14.9. The molecule has 1 aromatic carbocycles. The van der Waals surface area contributed by atoms with E-state index in [1.807, 2.05) is 48.7 Å². The van der Waals surface area contributed by atoms with Gasteiger partial charge in [-0.3, -0.25) is 24.2 Å². The van der Waals surface area contributed by atoms with E-state index >= 15 is 0 Å². The van der Waals surface area contributed by atoms with Crippen molar-refractivity contribution < 1.29 is 24.2 Å². The van der Waals surface area contributed by atoms with Crippen LogP contribution in [-0.2, 0) is 19.1 Å². The Kier molecular flexibility index (Phi) is 8.35. The largest absolute Gasteiger partial charge is 0.481 e. The van der Waals surface area contributed by atoms with Crippen LogP contribution in [0.4, 0.5) is 10.9 Å². The fourth-order valence-electron chi connectivity index (χ4n) is 6.15. The average molecular weight is 589 g/mol. The lowest BCUT2D eigenvalue weighted by Crippen LogP contribution is -2.41. The van der Waals surface area contributed by atoms with Gasteiger partial charge in [-0.05, 0) is 69.1 Å². The molecule has 1 aliphatic carbocycles. The zero-order chi connectivity index (χ0) is 29.2. The van der Waals surface area contributed by atoms with Crippen LogP contribution in [0.15, 0.2) is 48.0 Å². The summed E-state index contributed by atoms with van der Waals surface area (Å²) < 4.78 is 5.81. The van der Waals surface area contributed by atoms with Crippen molar-refractivity contribution in [1.82, 2.24) is 9.97 Å². The van der Waals surface area contributed by atoms with Crippen molar-refractivity contribution in [2.75, 3.05) is 23.0 Å². The van der Waals surface area contributed by atoms with E-state index in [1.165, 1.54) is 11.3 Å². The van der Waals surface area contributed by atoms with Crippen LogP contribution in [0.1, 0.15) is 58.3 Å². The Morgan fingerprint density at radius 1 is 1.14 bits per heavy atom. The number of hydrogen-bond donors (Lipinski definition) is 1. The van der Waals surface area contributed by atoms with Gasteiger partial charge in [0.25, 0.3) is 0 Å². The number of hydrogen-bond acceptors (Lipinski definition) is 7. The maximum absolute atomic E-state index is 14.0. The number of carboxylic acids is 1. The van der Waals surface area contributed by atoms with Gasteiger partial charge in [-0.25, -0.2) is 9.97 Å². The van der Waals surface area contributed by atoms with Gasteiger partial charge in [0.2, 0.25) is 11.8 Å². The van der Waals surface area contributed by atoms with E-state index in [4.69, 9.17) is 9.72 Å². The van der Waals surface area contributed by atoms with Gasteiger partial charge in [0, 0.05) is 54.2 Å². The number of pyridine rings is 1. The number of aromatic nitrogens is 2. The third-order valence-corrected chi connectivity index (χ3v) is 9.42. The van der Waals surface area contributed by atoms with Gasteiger partial charge < -0.3 is 9.84 Å². The molecule has 2 aliphatic heterocycles. The summed E-state index contributed by atoms with van der Waals surface area (Å²) in [7, 11) is 0. The number of nitrogens with zero attached hydrogens (tertiary/aromatic N) is 4. The number of anilines is 2. The second-order valence-electron chi connectivity index (χ2n) is 11.6. The van der Waals surface area contributed by atoms with Crippen LogP contribution in [0.5, 0.6) is 0 Å². The van der Waals surface area contributed by atoms with E-state index in [2.05, 4.69) is 4.98 Å². The standard InChI is InChI=1S/C32H36N4O5S/c1-20-21(6-5-15-41-20)16-23(17-30(38)39)31(40)36(24-11-12-24)32-34-27(19-42-32)26-8-3-2-7-25(26)22-10-13-28(33-18-22)35-14-4-9-29(35)37/h2-3,7-8,10,13,18-21,23-24H,4-6,9,11-12,14-17H2,1H3,(H,38,39)/t20-,21-,23-/m1/s1. The van der Waals surface area contributed by atoms with Crippen LogP contribution in [0.2, 0.25) is 0 Å². The number of carboxylic acid groups (broad SMARTS) is 1. The summed E-state index contributed by atoms with van der Waals surface area (Å²) in [5.74, 6) is -0.801. The molecule has 2 aromatic heterocycles. The minimum absolute atomic E-state index is 0.0135. The van der Waals surface area contributed by atoms with E-state index < -0.39 is 11.9 Å². The zero-order valence-electron chi connectivity index (χ0n) is 23.8. The molecule has 9 nitrogen and oxygen atoms in total. The fraction of sp³-hybridized carbons (Fsp3) is 0.469. The number of aliphatic carboxylic acids is 1. The molecule has 1 saturated carbocycles. The Hall–Kier alpha value is -3.63. The van der Waals surface area contributed by atoms with Crippen LogP contribution in [-0.4, -0.2) is 58.2 Å². The van der Waals surface area contributed by atoms with Gasteiger partial charge in [-0.2, -0.15) is 0 Å². The van der Waals surface area contributed by atoms with Gasteiger partial charge in [0.15, 0.2) is 5.13 Å². The van der Waals surface area contributed by atoms with Crippen LogP contribution in [0, 0.1) is 11.8 Å². The minimum atomic E-state index is -0.962. The minimum Gasteiger partial charge on any atom is -0.481 e. The molecule has 6 rings (SSSR count). The van der Waals surface area contributed by atoms with E-state index in [-0.39, 0.29) is 36.3 Å². The summed E-state index contributed by atoms with van der Waals surface area (Å²) in [6, 6.07) is 11.9. The Bertz CT molecular complexity index is 1450. The number of rotatable bonds is 10. The van der Waals surface area contributed by atoms with Crippen LogP contribution in [0.25, 0.3) is 22.4 Å². The number of thiazole rings is 1. The summed E-state index contributed by atoms with van der Waals surface area (Å²) >= 11 is 1.42. The van der Waals surface area contributed by atoms with E-state index in [0.717, 1.165) is 54.5 Å². The number of ether oxygens (including phenoxy) is 1. The fourth-order valence-corrected chi connectivity index (χ4v) is 7.06. The Morgan fingerprint density at radius 2 is 1.95 bits per heavy atom. The third kappa shape index (κ3) is 6.10. The molecule has 10 heteroatoms. The molecule has 0 bridgehead atoms. The monoisotopic (exact) mass is 588 g/mol. The normalized spacial score (nSPS) is 21.4. The predicted molar refractivity (Wildman–Crippen MR) is 161 cm³/mol. The van der Waals surface area contributed by atoms with E-state index in [0.29, 0.717) is 36.9 Å². The van der Waals surface area contributed by atoms with Gasteiger partial charge in [-0.15, -0.1) is 11.3 Å². The molecule has 3 atom stereocenters. The lowest BCUT2D eigenvalue weighted by Gasteiger charge is -2.32. The molecule has 3 fully saturated rings. The second-order valence-corrected chi connectivity index (χ2v) is 12.4. The predicted octanol–water partition coefficient (Wildman–Crippen LogP) is 5.79. The Balaban J connectivity index is 1.26. The van der Waals surface area contributed by atoms with Crippen molar-refractivity contribution >= 4 is 40.1 Å². The van der Waals surface area contributed by atoms with Crippen LogP contribution < -0.4 is 9.80 Å². The van der Waals surface area contributed by atoms with Gasteiger partial charge in [0.05, 0.1) is 18.2 Å². The van der Waals surface area contributed by atoms with Crippen molar-refractivity contribution in [3.63, 3.8) is 0 Å². The third-order valence-electron chi connectivity index (χ3n) is 8.58. The Labute approximate surface area is 249 Å². The molecule has 42 heavy (non-hydrogen) atoms. The maximum Gasteiger partial charge on any atom is 0.304 e. The lowest BCUT2D eigenvalue weighted by molar-refractivity contribution is -0.141. The summed E-state index contributed by atoms with van der Waals surface area (Å²) in [6.07, 6.45) is 7.16. The zero-order valence-corrected chi connectivity index (χ0v) is 24.6. The first kappa shape index (κ1) is 28.5. The van der Waals surface area contributed by atoms with Crippen molar-refractivity contribution in [1.29, 1.82) is 0 Å². The molecule has 2 saturated heterocycles. The summed E-state index contributed by atoms with van der Waals surface area (Å²) in [4.78, 5) is 51.0. The van der Waals surface area contributed by atoms with Crippen molar-refractivity contribution in [3.05, 3.63) is 48.0 Å². The molecule has 4 heterocycles. The molecule has 0 unspecified atom stereocenters. The maximum atomic E-state index is 14.0. The summed E-state index contributed by atoms with van der Waals surface area (Å²) in [6.45, 7) is 3.43. The lowest BCUT2D eigenvalue weighted by atomic mass is 9.84. The van der Waals surface area contributed by atoms with Crippen LogP contribution in [0.3, 0.4) is 0 Å². The molecule has 220 valence electrons. The molecular weight excluding hydrogens is 552 g/mol. The van der Waals surface area contributed by atoms with Crippen molar-refractivity contribution in [2.24, 2.45) is 11.8 Å². The highest BCUT2D eigenvalue weighted by molar-refractivity contribution is 7.14. The quantitative estimate of drug-likeness (QED) is 0.319. The highest BCUT2D eigenvalue weighted by atomic mass is 32.1. The first-order valence-corrected chi connectivity index (χ1v) is 15.7. The van der Waals surface area contributed by atoms with Gasteiger partial charge in [-0.1, -0.05) is 24.3 Å². The molecule has 1 N–H and O–H groups in total. The number of amides is 2. The smallest absolute Gasteiger partial charge is 0.304 e. The highest BCUT2D eigenvalue weighted by Gasteiger charge is 2.40. The number of carbonyl (C=O) groups is 3. The molecule has 2 amide bonds. The molecule has 0 spiro atoms. The Morgan fingerprint density at radius 3 is 2.62 bits per heavy atom. The highest BCUT2D eigenvalue weighted by Crippen LogP contribution is 2.40. The molecule has 3 aromatic rings.